The quantitative estimate of drug-likeness (QED) is 0.141. The van der Waals surface area contributed by atoms with Gasteiger partial charge in [0.25, 0.3) is 6.71 Å². The highest BCUT2D eigenvalue weighted by atomic mass is 15.2. The third-order valence-electron chi connectivity index (χ3n) is 18.8. The zero-order valence-corrected chi connectivity index (χ0v) is 54.7. The fraction of sp³-hybridized carbons (Fsp3) is 0.253. The van der Waals surface area contributed by atoms with Crippen molar-refractivity contribution in [3.8, 4) is 33.4 Å². The molecule has 0 unspecified atom stereocenters. The summed E-state index contributed by atoms with van der Waals surface area (Å²) in [4.78, 5) is 7.68. The summed E-state index contributed by atoms with van der Waals surface area (Å²) in [6, 6.07) is 86.1. The molecule has 0 saturated carbocycles. The minimum absolute atomic E-state index is 0.00778. The molecular formula is C83H85BN4. The highest BCUT2D eigenvalue weighted by Crippen LogP contribution is 2.51. The fourth-order valence-electron chi connectivity index (χ4n) is 13.6. The van der Waals surface area contributed by atoms with E-state index in [1.54, 1.807) is 0 Å². The van der Waals surface area contributed by atoms with Crippen LogP contribution in [0.25, 0.3) is 44.3 Å². The Morgan fingerprint density at radius 3 is 1.27 bits per heavy atom. The van der Waals surface area contributed by atoms with Crippen molar-refractivity contribution in [2.24, 2.45) is 7.05 Å². The Labute approximate surface area is 525 Å². The number of hydrogen-bond acceptors (Lipinski definition) is 3. The third kappa shape index (κ3) is 10.3. The Balaban J connectivity index is 1.13. The molecule has 0 saturated heterocycles. The Bertz CT molecular complexity index is 4360. The van der Waals surface area contributed by atoms with Crippen LogP contribution < -0.4 is 31.2 Å². The second-order valence-electron chi connectivity index (χ2n) is 30.1. The van der Waals surface area contributed by atoms with Crippen molar-refractivity contribution in [2.75, 3.05) is 14.7 Å². The molecule has 0 N–H and O–H groups in total. The van der Waals surface area contributed by atoms with E-state index >= 15 is 0 Å². The van der Waals surface area contributed by atoms with Crippen LogP contribution >= 0.6 is 0 Å². The number of fused-ring (bicyclic) bond motifs is 6. The van der Waals surface area contributed by atoms with Gasteiger partial charge in [-0.2, -0.15) is 0 Å². The van der Waals surface area contributed by atoms with Crippen molar-refractivity contribution >= 4 is 85.3 Å². The second kappa shape index (κ2) is 21.2. The second-order valence-corrected chi connectivity index (χ2v) is 30.1. The van der Waals surface area contributed by atoms with Crippen LogP contribution in [0.3, 0.4) is 0 Å². The average Bonchev–Trinajstić information content (AvgIpc) is 1.35. The molecule has 0 amide bonds. The molecule has 0 atom stereocenters. The van der Waals surface area contributed by atoms with Gasteiger partial charge in [-0.3, -0.25) is 0 Å². The van der Waals surface area contributed by atoms with Gasteiger partial charge in [0.05, 0.1) is 5.69 Å². The van der Waals surface area contributed by atoms with E-state index in [1.807, 2.05) is 0 Å². The molecule has 0 aliphatic carbocycles. The van der Waals surface area contributed by atoms with Gasteiger partial charge in [0.2, 0.25) is 0 Å². The van der Waals surface area contributed by atoms with Crippen LogP contribution in [0, 0.1) is 0 Å². The maximum Gasteiger partial charge on any atom is 0.272 e. The van der Waals surface area contributed by atoms with Crippen molar-refractivity contribution in [2.45, 2.75) is 131 Å². The first-order chi connectivity index (χ1) is 41.7. The summed E-state index contributed by atoms with van der Waals surface area (Å²) in [7, 11) is 2.31. The summed E-state index contributed by atoms with van der Waals surface area (Å²) in [5.41, 5.74) is 29.0. The number of rotatable bonds is 8. The monoisotopic (exact) mass is 1150 g/mol. The molecule has 0 radical (unpaired) electrons. The van der Waals surface area contributed by atoms with E-state index in [1.165, 1.54) is 100 Å². The zero-order chi connectivity index (χ0) is 62.0. The molecule has 3 heterocycles. The first-order valence-corrected chi connectivity index (χ1v) is 31.7. The van der Waals surface area contributed by atoms with Gasteiger partial charge >= 0.3 is 0 Å². The van der Waals surface area contributed by atoms with E-state index in [9.17, 15) is 0 Å². The normalized spacial score (nSPS) is 13.4. The van der Waals surface area contributed by atoms with Gasteiger partial charge in [0, 0.05) is 69.0 Å². The predicted molar refractivity (Wildman–Crippen MR) is 381 cm³/mol. The van der Waals surface area contributed by atoms with Gasteiger partial charge in [-0.05, 0) is 184 Å². The molecule has 0 spiro atoms. The number of aromatic nitrogens is 1. The van der Waals surface area contributed by atoms with Gasteiger partial charge in [0.15, 0.2) is 0 Å². The molecule has 10 aromatic carbocycles. The number of hydrogen-bond donors (Lipinski definition) is 0. The van der Waals surface area contributed by atoms with Crippen LogP contribution in [0.4, 0.5) is 51.2 Å². The van der Waals surface area contributed by atoms with Gasteiger partial charge < -0.3 is 19.3 Å². The molecule has 4 nitrogen and oxygen atoms in total. The van der Waals surface area contributed by atoms with Gasteiger partial charge in [-0.1, -0.05) is 243 Å². The Hall–Kier alpha value is -8.80. The van der Waals surface area contributed by atoms with Crippen LogP contribution in [0.15, 0.2) is 224 Å². The van der Waals surface area contributed by atoms with Crippen molar-refractivity contribution < 1.29 is 0 Å². The number of benzene rings is 10. The van der Waals surface area contributed by atoms with Crippen molar-refractivity contribution in [1.29, 1.82) is 0 Å². The van der Waals surface area contributed by atoms with Crippen LogP contribution in [0.5, 0.6) is 0 Å². The van der Waals surface area contributed by atoms with E-state index in [0.717, 1.165) is 39.7 Å². The Morgan fingerprint density at radius 1 is 0.330 bits per heavy atom. The maximum absolute atomic E-state index is 2.63. The topological polar surface area (TPSA) is 14.7 Å². The summed E-state index contributed by atoms with van der Waals surface area (Å²) in [6.45, 7) is 34.4. The van der Waals surface area contributed by atoms with Crippen molar-refractivity contribution in [3.05, 3.63) is 252 Å². The lowest BCUT2D eigenvalue weighted by Crippen LogP contribution is -2.62. The van der Waals surface area contributed by atoms with Gasteiger partial charge in [-0.25, -0.2) is 0 Å². The summed E-state index contributed by atoms with van der Waals surface area (Å²) in [5.74, 6) is 0. The lowest BCUT2D eigenvalue weighted by molar-refractivity contribution is 0.590. The van der Waals surface area contributed by atoms with Crippen LogP contribution in [0.2, 0.25) is 0 Å². The van der Waals surface area contributed by atoms with Gasteiger partial charge in [0.1, 0.15) is 0 Å². The maximum atomic E-state index is 2.63. The minimum atomic E-state index is -0.151. The zero-order valence-electron chi connectivity index (χ0n) is 54.7. The standard InChI is InChI=1S/C83H85BN4/c1-79(2,3)58-28-37-63(38-29-58)86(64-39-30-59(31-40-64)80(4,5)6)67-45-47-71-73(53-67)87(65-41-32-60(33-42-65)81(7,8)9)74-50-57(54-23-19-17-20-24-54)51-75-76(74)84(71)78-77(88(75)66-43-34-61(35-44-66)82(10,11)12)70-49-56(27-48-72(70)85(78)16)68-46-36-62(83(13,14)15)52-69(68)55-25-21-18-22-26-55/h17-53H,1-16H3. The summed E-state index contributed by atoms with van der Waals surface area (Å²) < 4.78 is 2.53. The highest BCUT2D eigenvalue weighted by Gasteiger charge is 2.47. The fourth-order valence-corrected chi connectivity index (χ4v) is 13.6. The molecule has 1 aromatic heterocycles. The molecule has 2 aliphatic rings. The molecule has 5 heteroatoms. The first kappa shape index (κ1) is 58.2. The van der Waals surface area contributed by atoms with Crippen LogP contribution in [-0.4, -0.2) is 11.3 Å². The first-order valence-electron chi connectivity index (χ1n) is 31.7. The summed E-state index contributed by atoms with van der Waals surface area (Å²) in [5, 5.41) is 1.22. The SMILES string of the molecule is Cn1c2c(c3cc(-c4ccc(C(C)(C)C)cc4-c4ccccc4)ccc31)N(c1ccc(C(C)(C)C)cc1)c1cc(-c3ccccc3)cc3c1B2c1ccc(N(c2ccc(C(C)(C)C)cc2)c2ccc(C(C)(C)C)cc2)cc1N3c1ccc(C(C)(C)C)cc1. The number of anilines is 9. The molecule has 440 valence electrons. The van der Waals surface area contributed by atoms with E-state index in [-0.39, 0.29) is 33.8 Å². The molecule has 2 aliphatic heterocycles. The number of nitrogens with zero attached hydrogens (tertiary/aromatic N) is 4. The molecule has 0 bridgehead atoms. The largest absolute Gasteiger partial charge is 0.353 e. The Kier molecular flexibility index (Phi) is 14.0. The lowest BCUT2D eigenvalue weighted by Gasteiger charge is -2.44. The van der Waals surface area contributed by atoms with E-state index in [4.69, 9.17) is 0 Å². The smallest absolute Gasteiger partial charge is 0.272 e. The van der Waals surface area contributed by atoms with E-state index in [0.29, 0.717) is 0 Å². The molecule has 88 heavy (non-hydrogen) atoms. The third-order valence-corrected chi connectivity index (χ3v) is 18.8. The van der Waals surface area contributed by atoms with Crippen molar-refractivity contribution in [3.63, 3.8) is 0 Å². The summed E-state index contributed by atoms with van der Waals surface area (Å²) in [6.07, 6.45) is 0. The molecular weight excluding hydrogens is 1060 g/mol. The van der Waals surface area contributed by atoms with Crippen LogP contribution in [-0.2, 0) is 34.1 Å². The Morgan fingerprint density at radius 2 is 0.773 bits per heavy atom. The van der Waals surface area contributed by atoms with E-state index < -0.39 is 0 Å². The van der Waals surface area contributed by atoms with Gasteiger partial charge in [-0.15, -0.1) is 0 Å². The average molecular weight is 1150 g/mol. The van der Waals surface area contributed by atoms with Crippen LogP contribution in [0.1, 0.15) is 132 Å². The highest BCUT2D eigenvalue weighted by molar-refractivity contribution is 7.00. The number of aryl methyl sites for hydroxylation is 1. The van der Waals surface area contributed by atoms with E-state index in [2.05, 4.69) is 355 Å². The summed E-state index contributed by atoms with van der Waals surface area (Å²) >= 11 is 0. The predicted octanol–water partition coefficient (Wildman–Crippen LogP) is 21.2. The molecule has 0 fully saturated rings. The molecule has 11 aromatic rings. The lowest BCUT2D eigenvalue weighted by atomic mass is 9.35. The van der Waals surface area contributed by atoms with Crippen molar-refractivity contribution in [1.82, 2.24) is 4.57 Å². The molecule has 13 rings (SSSR count). The minimum Gasteiger partial charge on any atom is -0.353 e.